The molecule has 132 valence electrons. The lowest BCUT2D eigenvalue weighted by atomic mass is 9.63. The lowest BCUT2D eigenvalue weighted by Crippen LogP contribution is -2.59. The average Bonchev–Trinajstić information content (AvgIpc) is 2.77. The van der Waals surface area contributed by atoms with Crippen molar-refractivity contribution in [3.63, 3.8) is 0 Å². The van der Waals surface area contributed by atoms with Crippen LogP contribution in [0.15, 0.2) is 18.2 Å². The van der Waals surface area contributed by atoms with Gasteiger partial charge in [0.1, 0.15) is 23.3 Å². The van der Waals surface area contributed by atoms with E-state index in [2.05, 4.69) is 10.1 Å². The van der Waals surface area contributed by atoms with Gasteiger partial charge < -0.3 is 4.90 Å². The van der Waals surface area contributed by atoms with Crippen LogP contribution in [0.4, 0.5) is 8.78 Å². The molecule has 1 aromatic heterocycles. The maximum Gasteiger partial charge on any atom is 0.233 e. The zero-order chi connectivity index (χ0) is 17.8. The second-order valence-electron chi connectivity index (χ2n) is 7.07. The van der Waals surface area contributed by atoms with Gasteiger partial charge in [0.15, 0.2) is 0 Å². The van der Waals surface area contributed by atoms with E-state index in [1.54, 1.807) is 4.90 Å². The Bertz CT molecular complexity index is 838. The minimum absolute atomic E-state index is 0.0602. The van der Waals surface area contributed by atoms with Crippen LogP contribution in [0.5, 0.6) is 0 Å². The Morgan fingerprint density at radius 2 is 1.96 bits per heavy atom. The molecule has 1 aliphatic heterocycles. The van der Waals surface area contributed by atoms with E-state index in [1.807, 2.05) is 18.5 Å². The largest absolute Gasteiger partial charge is 0.337 e. The van der Waals surface area contributed by atoms with Crippen molar-refractivity contribution in [2.45, 2.75) is 44.6 Å². The predicted molar refractivity (Wildman–Crippen MR) is 87.0 cm³/mol. The van der Waals surface area contributed by atoms with Gasteiger partial charge in [0, 0.05) is 24.7 Å². The van der Waals surface area contributed by atoms with Gasteiger partial charge in [-0.05, 0) is 32.8 Å². The van der Waals surface area contributed by atoms with Crippen LogP contribution in [-0.4, -0.2) is 38.7 Å². The number of hydrogen-bond donors (Lipinski definition) is 0. The van der Waals surface area contributed by atoms with Crippen molar-refractivity contribution in [3.8, 4) is 0 Å². The smallest absolute Gasteiger partial charge is 0.233 e. The summed E-state index contributed by atoms with van der Waals surface area (Å²) in [5, 5.41) is 4.37. The van der Waals surface area contributed by atoms with Crippen molar-refractivity contribution in [1.82, 2.24) is 19.7 Å². The lowest BCUT2D eigenvalue weighted by molar-refractivity contribution is -0.147. The number of hydrogen-bond acceptors (Lipinski definition) is 3. The molecule has 1 amide bonds. The number of aromatic nitrogens is 3. The highest BCUT2D eigenvalue weighted by Gasteiger charge is 2.51. The second-order valence-corrected chi connectivity index (χ2v) is 7.07. The molecular formula is C18H20F2N4O. The van der Waals surface area contributed by atoms with Gasteiger partial charge in [-0.3, -0.25) is 4.79 Å². The summed E-state index contributed by atoms with van der Waals surface area (Å²) in [6, 6.07) is 3.62. The molecule has 0 bridgehead atoms. The minimum Gasteiger partial charge on any atom is -0.337 e. The Labute approximate surface area is 144 Å². The summed E-state index contributed by atoms with van der Waals surface area (Å²) in [6.07, 6.45) is 2.09. The zero-order valence-corrected chi connectivity index (χ0v) is 14.3. The maximum atomic E-state index is 14.3. The van der Waals surface area contributed by atoms with Crippen molar-refractivity contribution in [2.24, 2.45) is 0 Å². The fraction of sp³-hybridized carbons (Fsp3) is 0.500. The molecule has 1 aromatic carbocycles. The summed E-state index contributed by atoms with van der Waals surface area (Å²) < 4.78 is 29.4. The standard InChI is InChI=1S/C18H20F2N4O/c1-11-21-12(2)24(22-11)14-9-23(10-14)17(25)18(6-3-7-18)15-5-4-13(19)8-16(15)20/h4-5,8,14H,3,6-7,9-10H2,1-2H3. The Morgan fingerprint density at radius 1 is 1.24 bits per heavy atom. The van der Waals surface area contributed by atoms with E-state index in [1.165, 1.54) is 12.1 Å². The van der Waals surface area contributed by atoms with Crippen LogP contribution in [0.1, 0.15) is 42.5 Å². The Hall–Kier alpha value is -2.31. The summed E-state index contributed by atoms with van der Waals surface area (Å²) in [7, 11) is 0. The van der Waals surface area contributed by atoms with Crippen LogP contribution in [0.3, 0.4) is 0 Å². The molecule has 2 aromatic rings. The van der Waals surface area contributed by atoms with Crippen LogP contribution < -0.4 is 0 Å². The molecule has 1 saturated heterocycles. The molecule has 1 saturated carbocycles. The predicted octanol–water partition coefficient (Wildman–Crippen LogP) is 2.68. The Kier molecular flexibility index (Phi) is 3.63. The number of rotatable bonds is 3. The molecule has 2 aliphatic rings. The highest BCUT2D eigenvalue weighted by atomic mass is 19.1. The third-order valence-electron chi connectivity index (χ3n) is 5.47. The summed E-state index contributed by atoms with van der Waals surface area (Å²) in [4.78, 5) is 19.1. The summed E-state index contributed by atoms with van der Waals surface area (Å²) in [5.74, 6) is 0.232. The van der Waals surface area contributed by atoms with Gasteiger partial charge >= 0.3 is 0 Å². The van der Waals surface area contributed by atoms with Gasteiger partial charge in [0.2, 0.25) is 5.91 Å². The first-order valence-corrected chi connectivity index (χ1v) is 8.55. The third kappa shape index (κ3) is 2.44. The van der Waals surface area contributed by atoms with Crippen LogP contribution in [0.2, 0.25) is 0 Å². The van der Waals surface area contributed by atoms with Crippen molar-refractivity contribution < 1.29 is 13.6 Å². The lowest BCUT2D eigenvalue weighted by Gasteiger charge is -2.49. The summed E-state index contributed by atoms with van der Waals surface area (Å²) in [6.45, 7) is 4.83. The molecule has 7 heteroatoms. The van der Waals surface area contributed by atoms with E-state index in [0.29, 0.717) is 37.3 Å². The van der Waals surface area contributed by atoms with E-state index in [-0.39, 0.29) is 11.9 Å². The van der Waals surface area contributed by atoms with Gasteiger partial charge in [-0.2, -0.15) is 5.10 Å². The number of likely N-dealkylation sites (tertiary alicyclic amines) is 1. The minimum atomic E-state index is -0.837. The third-order valence-corrected chi connectivity index (χ3v) is 5.47. The van der Waals surface area contributed by atoms with E-state index in [4.69, 9.17) is 0 Å². The molecule has 2 fully saturated rings. The van der Waals surface area contributed by atoms with E-state index < -0.39 is 17.0 Å². The van der Waals surface area contributed by atoms with Gasteiger partial charge in [-0.1, -0.05) is 12.5 Å². The fourth-order valence-corrected chi connectivity index (χ4v) is 3.97. The Balaban J connectivity index is 1.53. The molecule has 2 heterocycles. The molecule has 25 heavy (non-hydrogen) atoms. The molecule has 4 rings (SSSR count). The van der Waals surface area contributed by atoms with Crippen LogP contribution in [0, 0.1) is 25.5 Å². The van der Waals surface area contributed by atoms with E-state index in [9.17, 15) is 13.6 Å². The first-order chi connectivity index (χ1) is 11.9. The second kappa shape index (κ2) is 5.61. The molecule has 0 atom stereocenters. The van der Waals surface area contributed by atoms with Crippen LogP contribution >= 0.6 is 0 Å². The van der Waals surface area contributed by atoms with Crippen molar-refractivity contribution in [3.05, 3.63) is 47.0 Å². The van der Waals surface area contributed by atoms with Crippen molar-refractivity contribution in [2.75, 3.05) is 13.1 Å². The van der Waals surface area contributed by atoms with Gasteiger partial charge in [-0.25, -0.2) is 18.4 Å². The van der Waals surface area contributed by atoms with E-state index >= 15 is 0 Å². The molecule has 0 radical (unpaired) electrons. The molecule has 0 N–H and O–H groups in total. The Morgan fingerprint density at radius 3 is 2.48 bits per heavy atom. The number of aryl methyl sites for hydroxylation is 2. The highest BCUT2D eigenvalue weighted by molar-refractivity contribution is 5.90. The summed E-state index contributed by atoms with van der Waals surface area (Å²) in [5.41, 5.74) is -0.516. The van der Waals surface area contributed by atoms with Crippen LogP contribution in [0.25, 0.3) is 0 Å². The fourth-order valence-electron chi connectivity index (χ4n) is 3.97. The molecule has 5 nitrogen and oxygen atoms in total. The molecular weight excluding hydrogens is 326 g/mol. The van der Waals surface area contributed by atoms with E-state index in [0.717, 1.165) is 18.3 Å². The highest BCUT2D eigenvalue weighted by Crippen LogP contribution is 2.47. The maximum absolute atomic E-state index is 14.3. The molecule has 0 unspecified atom stereocenters. The molecule has 1 aliphatic carbocycles. The number of amides is 1. The first kappa shape index (κ1) is 16.2. The van der Waals surface area contributed by atoms with Gasteiger partial charge in [0.25, 0.3) is 0 Å². The quantitative estimate of drug-likeness (QED) is 0.859. The number of carbonyl (C=O) groups excluding carboxylic acids is 1. The molecule has 0 spiro atoms. The normalized spacial score (nSPS) is 19.4. The van der Waals surface area contributed by atoms with Crippen molar-refractivity contribution >= 4 is 5.91 Å². The average molecular weight is 346 g/mol. The number of carbonyl (C=O) groups is 1. The monoisotopic (exact) mass is 346 g/mol. The SMILES string of the molecule is Cc1nc(C)n(C2CN(C(=O)C3(c4ccc(F)cc4F)CCC3)C2)n1. The topological polar surface area (TPSA) is 51.0 Å². The number of halogens is 2. The van der Waals surface area contributed by atoms with Gasteiger partial charge in [-0.15, -0.1) is 0 Å². The van der Waals surface area contributed by atoms with Crippen LogP contribution in [-0.2, 0) is 10.2 Å². The van der Waals surface area contributed by atoms with Gasteiger partial charge in [0.05, 0.1) is 11.5 Å². The van der Waals surface area contributed by atoms with Crippen molar-refractivity contribution in [1.29, 1.82) is 0 Å². The summed E-state index contributed by atoms with van der Waals surface area (Å²) >= 11 is 0. The number of nitrogens with zero attached hydrogens (tertiary/aromatic N) is 4. The first-order valence-electron chi connectivity index (χ1n) is 8.55. The zero-order valence-electron chi connectivity index (χ0n) is 14.3. The number of benzene rings is 1.